The highest BCUT2D eigenvalue weighted by Crippen LogP contribution is 2.48. The molecule has 2 rings (SSSR count). The minimum atomic E-state index is -3.05. The minimum absolute atomic E-state index is 0.105. The Morgan fingerprint density at radius 1 is 1.24 bits per heavy atom. The molecule has 1 fully saturated rings. The van der Waals surface area contributed by atoms with Crippen LogP contribution in [0.5, 0.6) is 5.75 Å². The van der Waals surface area contributed by atoms with Gasteiger partial charge in [-0.15, -0.1) is 0 Å². The van der Waals surface area contributed by atoms with Crippen LogP contribution in [0.2, 0.25) is 0 Å². The van der Waals surface area contributed by atoms with Gasteiger partial charge in [0.1, 0.15) is 5.75 Å². The molecule has 2 N–H and O–H groups in total. The van der Waals surface area contributed by atoms with Gasteiger partial charge in [0, 0.05) is 0 Å². The van der Waals surface area contributed by atoms with E-state index in [1.54, 1.807) is 18.2 Å². The fourth-order valence-electron chi connectivity index (χ4n) is 2.49. The molecule has 1 aromatic rings. The monoisotopic (exact) mass is 241 g/mol. The number of hydrogen-bond donors (Lipinski definition) is 1. The average molecular weight is 241 g/mol. The summed E-state index contributed by atoms with van der Waals surface area (Å²) in [5.74, 6) is -2.84. The van der Waals surface area contributed by atoms with Crippen molar-refractivity contribution in [1.29, 1.82) is 0 Å². The third kappa shape index (κ3) is 1.90. The molecule has 2 nitrogen and oxygen atoms in total. The summed E-state index contributed by atoms with van der Waals surface area (Å²) in [4.78, 5) is 0. The van der Waals surface area contributed by atoms with E-state index >= 15 is 0 Å². The third-order valence-corrected chi connectivity index (χ3v) is 3.57. The maximum Gasteiger partial charge on any atom is 0.294 e. The van der Waals surface area contributed by atoms with Crippen LogP contribution in [0.25, 0.3) is 0 Å². The molecule has 1 aliphatic rings. The van der Waals surface area contributed by atoms with Crippen LogP contribution in [0.4, 0.5) is 8.78 Å². The fourth-order valence-corrected chi connectivity index (χ4v) is 2.49. The maximum absolute atomic E-state index is 14.5. The summed E-state index contributed by atoms with van der Waals surface area (Å²) in [5.41, 5.74) is 4.35. The first-order valence-corrected chi connectivity index (χ1v) is 5.81. The summed E-state index contributed by atoms with van der Waals surface area (Å²) in [6.45, 7) is 0. The van der Waals surface area contributed by atoms with Crippen LogP contribution in [-0.2, 0) is 5.92 Å². The number of rotatable bonds is 3. The van der Waals surface area contributed by atoms with Crippen molar-refractivity contribution in [2.24, 2.45) is 5.73 Å². The predicted octanol–water partition coefficient (Wildman–Crippen LogP) is 3.06. The van der Waals surface area contributed by atoms with Crippen molar-refractivity contribution in [3.8, 4) is 5.75 Å². The largest absolute Gasteiger partial charge is 0.496 e. The van der Waals surface area contributed by atoms with Crippen molar-refractivity contribution in [2.45, 2.75) is 37.1 Å². The van der Waals surface area contributed by atoms with Crippen LogP contribution < -0.4 is 10.5 Å². The Bertz CT molecular complexity index is 400. The smallest absolute Gasteiger partial charge is 0.294 e. The Kier molecular flexibility index (Phi) is 3.08. The van der Waals surface area contributed by atoms with Gasteiger partial charge in [-0.3, -0.25) is 0 Å². The second kappa shape index (κ2) is 4.26. The quantitative estimate of drug-likeness (QED) is 0.882. The summed E-state index contributed by atoms with van der Waals surface area (Å²) in [7, 11) is 1.40. The topological polar surface area (TPSA) is 35.2 Å². The molecule has 0 bridgehead atoms. The van der Waals surface area contributed by atoms with Gasteiger partial charge < -0.3 is 10.5 Å². The molecule has 1 aromatic carbocycles. The van der Waals surface area contributed by atoms with Gasteiger partial charge in [-0.25, -0.2) is 0 Å². The number of methoxy groups -OCH3 is 1. The summed E-state index contributed by atoms with van der Waals surface area (Å²) in [5, 5.41) is 0. The molecule has 0 radical (unpaired) electrons. The van der Waals surface area contributed by atoms with Gasteiger partial charge in [-0.05, 0) is 25.0 Å². The third-order valence-electron chi connectivity index (χ3n) is 3.57. The number of hydrogen-bond acceptors (Lipinski definition) is 2. The van der Waals surface area contributed by atoms with Crippen molar-refractivity contribution < 1.29 is 13.5 Å². The number of alkyl halides is 2. The lowest BCUT2D eigenvalue weighted by atomic mass is 9.85. The van der Waals surface area contributed by atoms with Crippen LogP contribution in [0.3, 0.4) is 0 Å². The lowest BCUT2D eigenvalue weighted by molar-refractivity contribution is -0.0809. The van der Waals surface area contributed by atoms with E-state index in [-0.39, 0.29) is 11.3 Å². The van der Waals surface area contributed by atoms with Crippen molar-refractivity contribution >= 4 is 0 Å². The number of ether oxygens (including phenoxy) is 1. The Labute approximate surface area is 99.8 Å². The zero-order valence-corrected chi connectivity index (χ0v) is 9.88. The molecule has 94 valence electrons. The second-order valence-electron chi connectivity index (χ2n) is 4.64. The lowest BCUT2D eigenvalue weighted by Gasteiger charge is -2.34. The molecule has 0 amide bonds. The highest BCUT2D eigenvalue weighted by molar-refractivity contribution is 5.39. The number of para-hydroxylation sites is 1. The van der Waals surface area contributed by atoms with Gasteiger partial charge in [0.15, 0.2) is 0 Å². The van der Waals surface area contributed by atoms with E-state index in [0.717, 1.165) is 12.8 Å². The van der Waals surface area contributed by atoms with E-state index < -0.39 is 11.5 Å². The Morgan fingerprint density at radius 2 is 1.82 bits per heavy atom. The Balaban J connectivity index is 2.43. The zero-order chi connectivity index (χ0) is 12.5. The van der Waals surface area contributed by atoms with Crippen LogP contribution in [0, 0.1) is 0 Å². The Morgan fingerprint density at radius 3 is 2.41 bits per heavy atom. The van der Waals surface area contributed by atoms with Gasteiger partial charge in [0.05, 0.1) is 18.2 Å². The molecular formula is C13H17F2NO. The predicted molar refractivity (Wildman–Crippen MR) is 62.3 cm³/mol. The highest BCUT2D eigenvalue weighted by atomic mass is 19.3. The molecular weight excluding hydrogens is 224 g/mol. The number of halogens is 2. The molecule has 17 heavy (non-hydrogen) atoms. The molecule has 4 heteroatoms. The average Bonchev–Trinajstić information content (AvgIpc) is 2.78. The Hall–Kier alpha value is -1.16. The van der Waals surface area contributed by atoms with E-state index in [4.69, 9.17) is 10.5 Å². The molecule has 0 atom stereocenters. The lowest BCUT2D eigenvalue weighted by Crippen LogP contribution is -2.51. The van der Waals surface area contributed by atoms with Crippen molar-refractivity contribution in [3.63, 3.8) is 0 Å². The second-order valence-corrected chi connectivity index (χ2v) is 4.64. The van der Waals surface area contributed by atoms with E-state index in [1.165, 1.54) is 13.2 Å². The van der Waals surface area contributed by atoms with E-state index in [9.17, 15) is 8.78 Å². The standard InChI is InChI=1S/C13H17F2NO/c1-17-11-7-3-2-6-10(11)13(14,15)12(16)8-4-5-9-12/h2-3,6-7H,4-5,8-9,16H2,1H3. The van der Waals surface area contributed by atoms with Gasteiger partial charge in [0.2, 0.25) is 0 Å². The first-order valence-electron chi connectivity index (χ1n) is 5.81. The van der Waals surface area contributed by atoms with Crippen molar-refractivity contribution in [1.82, 2.24) is 0 Å². The van der Waals surface area contributed by atoms with E-state index in [0.29, 0.717) is 12.8 Å². The van der Waals surface area contributed by atoms with Gasteiger partial charge in [-0.2, -0.15) is 8.78 Å². The molecule has 0 aliphatic heterocycles. The molecule has 0 spiro atoms. The van der Waals surface area contributed by atoms with Crippen LogP contribution in [-0.4, -0.2) is 12.6 Å². The number of nitrogens with two attached hydrogens (primary N) is 1. The van der Waals surface area contributed by atoms with Crippen LogP contribution in [0.15, 0.2) is 24.3 Å². The van der Waals surface area contributed by atoms with Crippen LogP contribution in [0.1, 0.15) is 31.2 Å². The molecule has 0 aromatic heterocycles. The van der Waals surface area contributed by atoms with Gasteiger partial charge in [-0.1, -0.05) is 25.0 Å². The summed E-state index contributed by atoms with van der Waals surface area (Å²) < 4.78 is 34.0. The SMILES string of the molecule is COc1ccccc1C(F)(F)C1(N)CCCC1. The van der Waals surface area contributed by atoms with E-state index in [2.05, 4.69) is 0 Å². The first kappa shape index (κ1) is 12.3. The van der Waals surface area contributed by atoms with E-state index in [1.807, 2.05) is 0 Å². The van der Waals surface area contributed by atoms with Gasteiger partial charge >= 0.3 is 0 Å². The molecule has 0 unspecified atom stereocenters. The van der Waals surface area contributed by atoms with Crippen LogP contribution >= 0.6 is 0 Å². The minimum Gasteiger partial charge on any atom is -0.496 e. The molecule has 1 aliphatic carbocycles. The first-order chi connectivity index (χ1) is 8.01. The highest BCUT2D eigenvalue weighted by Gasteiger charge is 2.54. The summed E-state index contributed by atoms with van der Waals surface area (Å²) in [6.07, 6.45) is 2.25. The zero-order valence-electron chi connectivity index (χ0n) is 9.88. The maximum atomic E-state index is 14.5. The molecule has 0 heterocycles. The normalized spacial score (nSPS) is 19.3. The fraction of sp³-hybridized carbons (Fsp3) is 0.538. The number of benzene rings is 1. The summed E-state index contributed by atoms with van der Waals surface area (Å²) in [6, 6.07) is 6.20. The molecule has 0 saturated heterocycles. The molecule has 1 saturated carbocycles. The van der Waals surface area contributed by atoms with Gasteiger partial charge in [0.25, 0.3) is 5.92 Å². The van der Waals surface area contributed by atoms with Crippen molar-refractivity contribution in [3.05, 3.63) is 29.8 Å². The van der Waals surface area contributed by atoms with Crippen molar-refractivity contribution in [2.75, 3.05) is 7.11 Å². The summed E-state index contributed by atoms with van der Waals surface area (Å²) >= 11 is 0.